The maximum atomic E-state index is 12.9. The number of hydrogen-bond donors (Lipinski definition) is 1. The van der Waals surface area contributed by atoms with Crippen molar-refractivity contribution in [3.63, 3.8) is 0 Å². The van der Waals surface area contributed by atoms with Crippen LogP contribution in [0.1, 0.15) is 29.2 Å². The Labute approximate surface area is 173 Å². The van der Waals surface area contributed by atoms with Gasteiger partial charge < -0.3 is 14.6 Å². The number of carbonyl (C=O) groups is 2. The zero-order valence-electron chi connectivity index (χ0n) is 16.1. The summed E-state index contributed by atoms with van der Waals surface area (Å²) < 4.78 is 45.8. The molecule has 3 aromatic rings. The van der Waals surface area contributed by atoms with Crippen LogP contribution in [0.2, 0.25) is 0 Å². The average molecular weight is 440 g/mol. The largest absolute Gasteiger partial charge is 0.464 e. The maximum Gasteiger partial charge on any atom is 0.416 e. The van der Waals surface area contributed by atoms with Gasteiger partial charge in [0.15, 0.2) is 5.01 Å². The molecule has 0 aliphatic carbocycles. The highest BCUT2D eigenvalue weighted by Crippen LogP contribution is 2.33. The minimum absolute atomic E-state index is 0.0448. The Bertz CT molecular complexity index is 1030. The quantitative estimate of drug-likeness (QED) is 0.569. The van der Waals surface area contributed by atoms with Gasteiger partial charge in [0.05, 0.1) is 35.3 Å². The Morgan fingerprint density at radius 3 is 2.70 bits per heavy atom. The van der Waals surface area contributed by atoms with Crippen molar-refractivity contribution in [3.05, 3.63) is 47.5 Å². The zero-order chi connectivity index (χ0) is 21.9. The van der Waals surface area contributed by atoms with Crippen LogP contribution in [0, 0.1) is 5.92 Å². The first-order valence-corrected chi connectivity index (χ1v) is 9.86. The van der Waals surface area contributed by atoms with E-state index in [-0.39, 0.29) is 34.3 Å². The van der Waals surface area contributed by atoms with Crippen LogP contribution in [0.3, 0.4) is 0 Å². The van der Waals surface area contributed by atoms with Gasteiger partial charge in [-0.2, -0.15) is 13.2 Å². The van der Waals surface area contributed by atoms with E-state index in [0.29, 0.717) is 0 Å². The predicted octanol–water partition coefficient (Wildman–Crippen LogP) is 3.51. The molecule has 1 atom stereocenters. The van der Waals surface area contributed by atoms with Crippen molar-refractivity contribution in [2.75, 3.05) is 6.61 Å². The monoisotopic (exact) mass is 440 g/mol. The number of nitrogens with zero attached hydrogens (tertiary/aromatic N) is 3. The molecule has 0 saturated heterocycles. The first-order valence-electron chi connectivity index (χ1n) is 9.04. The number of imidazole rings is 1. The molecule has 0 spiro atoms. The number of alkyl halides is 3. The number of fused-ring (bicyclic) bond motifs is 1. The van der Waals surface area contributed by atoms with Crippen LogP contribution >= 0.6 is 11.3 Å². The van der Waals surface area contributed by atoms with Crippen LogP contribution < -0.4 is 5.32 Å². The second-order valence-electron chi connectivity index (χ2n) is 7.01. The molecule has 0 radical (unpaired) electrons. The molecule has 0 unspecified atom stereocenters. The highest BCUT2D eigenvalue weighted by atomic mass is 32.1. The standard InChI is InChI=1S/C19H19F3N4O3S/c1-11(2)9-29-18(28)14(8-26-6-5-23-10-26)24-16(27)17-25-13-4-3-12(19(20,21)22)7-15(13)30-17/h3-7,10-11,14H,8-9H2,1-2H3,(H,24,27)/t14-/m0/s1. The normalized spacial score (nSPS) is 12.9. The fourth-order valence-corrected chi connectivity index (χ4v) is 3.46. The van der Waals surface area contributed by atoms with E-state index in [1.807, 2.05) is 13.8 Å². The minimum atomic E-state index is -4.49. The maximum absolute atomic E-state index is 12.9. The summed E-state index contributed by atoms with van der Waals surface area (Å²) in [6.45, 7) is 4.04. The number of thiazole rings is 1. The summed E-state index contributed by atoms with van der Waals surface area (Å²) in [7, 11) is 0. The lowest BCUT2D eigenvalue weighted by atomic mass is 10.2. The van der Waals surface area contributed by atoms with Gasteiger partial charge in [-0.15, -0.1) is 11.3 Å². The van der Waals surface area contributed by atoms with Crippen LogP contribution in [-0.2, 0) is 22.3 Å². The number of esters is 1. The van der Waals surface area contributed by atoms with Gasteiger partial charge in [0.2, 0.25) is 0 Å². The number of aromatic nitrogens is 3. The lowest BCUT2D eigenvalue weighted by Gasteiger charge is -2.18. The number of halogens is 3. The van der Waals surface area contributed by atoms with Gasteiger partial charge in [0.25, 0.3) is 5.91 Å². The number of amides is 1. The van der Waals surface area contributed by atoms with Crippen molar-refractivity contribution in [1.29, 1.82) is 0 Å². The SMILES string of the molecule is CC(C)COC(=O)[C@H](Cn1ccnc1)NC(=O)c1nc2ccc(C(F)(F)F)cc2s1. The van der Waals surface area contributed by atoms with Crippen LogP contribution in [0.15, 0.2) is 36.9 Å². The zero-order valence-corrected chi connectivity index (χ0v) is 17.0. The van der Waals surface area contributed by atoms with Crippen molar-refractivity contribution in [3.8, 4) is 0 Å². The molecule has 2 aromatic heterocycles. The average Bonchev–Trinajstić information content (AvgIpc) is 3.33. The van der Waals surface area contributed by atoms with Gasteiger partial charge in [-0.3, -0.25) is 4.79 Å². The van der Waals surface area contributed by atoms with E-state index in [1.54, 1.807) is 10.8 Å². The van der Waals surface area contributed by atoms with Crippen molar-refractivity contribution in [1.82, 2.24) is 19.9 Å². The van der Waals surface area contributed by atoms with E-state index < -0.39 is 29.7 Å². The number of ether oxygens (including phenoxy) is 1. The van der Waals surface area contributed by atoms with Crippen molar-refractivity contribution in [2.45, 2.75) is 32.6 Å². The molecule has 2 heterocycles. The van der Waals surface area contributed by atoms with Crippen LogP contribution in [0.25, 0.3) is 10.2 Å². The second kappa shape index (κ2) is 8.82. The molecular formula is C19H19F3N4O3S. The van der Waals surface area contributed by atoms with Gasteiger partial charge in [-0.25, -0.2) is 14.8 Å². The number of benzene rings is 1. The molecule has 160 valence electrons. The summed E-state index contributed by atoms with van der Waals surface area (Å²) in [5, 5.41) is 2.52. The molecule has 0 aliphatic heterocycles. The van der Waals surface area contributed by atoms with Crippen molar-refractivity contribution >= 4 is 33.4 Å². The number of hydrogen-bond acceptors (Lipinski definition) is 6. The molecule has 0 aliphatic rings. The molecule has 1 aromatic carbocycles. The Balaban J connectivity index is 1.79. The summed E-state index contributed by atoms with van der Waals surface area (Å²) in [5.74, 6) is -1.17. The lowest BCUT2D eigenvalue weighted by Crippen LogP contribution is -2.44. The van der Waals surface area contributed by atoms with E-state index in [1.165, 1.54) is 18.6 Å². The van der Waals surface area contributed by atoms with Gasteiger partial charge in [-0.1, -0.05) is 13.8 Å². The highest BCUT2D eigenvalue weighted by molar-refractivity contribution is 7.20. The van der Waals surface area contributed by atoms with Crippen molar-refractivity contribution in [2.24, 2.45) is 5.92 Å². The Morgan fingerprint density at radius 1 is 1.30 bits per heavy atom. The Morgan fingerprint density at radius 2 is 2.07 bits per heavy atom. The van der Waals surface area contributed by atoms with E-state index in [2.05, 4.69) is 15.3 Å². The number of carbonyl (C=O) groups excluding carboxylic acids is 2. The number of nitrogens with one attached hydrogen (secondary N) is 1. The van der Waals surface area contributed by atoms with Crippen molar-refractivity contribution < 1.29 is 27.5 Å². The highest BCUT2D eigenvalue weighted by Gasteiger charge is 2.31. The molecule has 30 heavy (non-hydrogen) atoms. The third-order valence-corrected chi connectivity index (χ3v) is 5.03. The van der Waals surface area contributed by atoms with Crippen LogP contribution in [0.5, 0.6) is 0 Å². The van der Waals surface area contributed by atoms with Crippen LogP contribution in [0.4, 0.5) is 13.2 Å². The molecule has 1 N–H and O–H groups in total. The predicted molar refractivity (Wildman–Crippen MR) is 104 cm³/mol. The third-order valence-electron chi connectivity index (χ3n) is 4.01. The van der Waals surface area contributed by atoms with Gasteiger partial charge >= 0.3 is 12.1 Å². The smallest absolute Gasteiger partial charge is 0.416 e. The molecule has 3 rings (SSSR count). The first-order chi connectivity index (χ1) is 14.1. The summed E-state index contributed by atoms with van der Waals surface area (Å²) in [4.78, 5) is 33.1. The number of rotatable bonds is 7. The fraction of sp³-hybridized carbons (Fsp3) is 0.368. The Hall–Kier alpha value is -2.95. The molecule has 7 nitrogen and oxygen atoms in total. The summed E-state index contributed by atoms with van der Waals surface area (Å²) >= 11 is 0.821. The topological polar surface area (TPSA) is 86.1 Å². The lowest BCUT2D eigenvalue weighted by molar-refractivity contribution is -0.147. The van der Waals surface area contributed by atoms with E-state index in [9.17, 15) is 22.8 Å². The third kappa shape index (κ3) is 5.35. The molecule has 0 fully saturated rings. The molecule has 11 heteroatoms. The first kappa shape index (κ1) is 21.8. The van der Waals surface area contributed by atoms with Gasteiger partial charge in [-0.05, 0) is 24.1 Å². The second-order valence-corrected chi connectivity index (χ2v) is 8.04. The molecule has 0 saturated carbocycles. The fourth-order valence-electron chi connectivity index (χ4n) is 2.55. The van der Waals surface area contributed by atoms with E-state index in [4.69, 9.17) is 4.74 Å². The van der Waals surface area contributed by atoms with Gasteiger partial charge in [0.1, 0.15) is 6.04 Å². The van der Waals surface area contributed by atoms with Gasteiger partial charge in [0, 0.05) is 12.4 Å². The summed E-state index contributed by atoms with van der Waals surface area (Å²) in [6, 6.07) is 2.06. The molecule has 0 bridgehead atoms. The summed E-state index contributed by atoms with van der Waals surface area (Å²) in [6.07, 6.45) is 0.164. The summed E-state index contributed by atoms with van der Waals surface area (Å²) in [5.41, 5.74) is -0.549. The van der Waals surface area contributed by atoms with E-state index >= 15 is 0 Å². The molecule has 1 amide bonds. The van der Waals surface area contributed by atoms with E-state index in [0.717, 1.165) is 23.5 Å². The Kier molecular flexibility index (Phi) is 6.40. The van der Waals surface area contributed by atoms with Crippen LogP contribution in [-0.4, -0.2) is 39.1 Å². The minimum Gasteiger partial charge on any atom is -0.464 e. The molecular weight excluding hydrogens is 421 g/mol.